The van der Waals surface area contributed by atoms with Crippen LogP contribution in [0.25, 0.3) is 0 Å². The summed E-state index contributed by atoms with van der Waals surface area (Å²) in [5, 5.41) is 9.18. The summed E-state index contributed by atoms with van der Waals surface area (Å²) in [6, 6.07) is 8.33. The van der Waals surface area contributed by atoms with Crippen LogP contribution >= 0.6 is 0 Å². The summed E-state index contributed by atoms with van der Waals surface area (Å²) < 4.78 is 6.09. The molecule has 0 heterocycles. The Morgan fingerprint density at radius 1 is 1.08 bits per heavy atom. The molecule has 1 unspecified atom stereocenters. The zero-order valence-electron chi connectivity index (χ0n) is 14.9. The van der Waals surface area contributed by atoms with Gasteiger partial charge in [0.15, 0.2) is 0 Å². The van der Waals surface area contributed by atoms with Crippen molar-refractivity contribution < 1.29 is 9.84 Å². The van der Waals surface area contributed by atoms with Gasteiger partial charge >= 0.3 is 0 Å². The monoisotopic (exact) mass is 328 g/mol. The first-order chi connectivity index (χ1) is 11.7. The van der Waals surface area contributed by atoms with E-state index in [1.807, 2.05) is 0 Å². The lowest BCUT2D eigenvalue weighted by atomic mass is 9.63. The van der Waals surface area contributed by atoms with Gasteiger partial charge in [-0.15, -0.1) is 0 Å². The Kier molecular flexibility index (Phi) is 5.86. The number of hydrogen-bond acceptors (Lipinski definition) is 2. The highest BCUT2D eigenvalue weighted by atomic mass is 16.5. The van der Waals surface area contributed by atoms with Crippen LogP contribution in [0.2, 0.25) is 0 Å². The molecular formula is C22H32O2. The van der Waals surface area contributed by atoms with E-state index in [4.69, 9.17) is 4.74 Å². The fraction of sp³-hybridized carbons (Fsp3) is 0.636. The molecule has 2 nitrogen and oxygen atoms in total. The first-order valence-corrected chi connectivity index (χ1v) is 9.74. The number of ether oxygens (including phenoxy) is 1. The molecule has 0 radical (unpaired) electrons. The quantitative estimate of drug-likeness (QED) is 0.629. The van der Waals surface area contributed by atoms with Gasteiger partial charge in [0, 0.05) is 6.42 Å². The van der Waals surface area contributed by atoms with Crippen LogP contribution in [0, 0.1) is 11.3 Å². The Morgan fingerprint density at radius 2 is 1.79 bits per heavy atom. The number of allylic oxidation sites excluding steroid dienone is 1. The van der Waals surface area contributed by atoms with E-state index in [0.717, 1.165) is 24.7 Å². The second kappa shape index (κ2) is 8.09. The van der Waals surface area contributed by atoms with Crippen molar-refractivity contribution in [3.05, 3.63) is 42.2 Å². The van der Waals surface area contributed by atoms with E-state index < -0.39 is 0 Å². The van der Waals surface area contributed by atoms with Gasteiger partial charge in [0.2, 0.25) is 0 Å². The number of aryl methyl sites for hydroxylation is 1. The maximum absolute atomic E-state index is 9.18. The lowest BCUT2D eigenvalue weighted by Gasteiger charge is -2.43. The van der Waals surface area contributed by atoms with Crippen LogP contribution in [0.5, 0.6) is 5.75 Å². The summed E-state index contributed by atoms with van der Waals surface area (Å²) in [6.07, 6.45) is 14.2. The van der Waals surface area contributed by atoms with Gasteiger partial charge in [-0.2, -0.15) is 0 Å². The molecule has 2 aliphatic carbocycles. The Hall–Kier alpha value is -1.44. The molecule has 2 aliphatic rings. The normalized spacial score (nSPS) is 23.1. The maximum atomic E-state index is 9.18. The molecule has 2 saturated carbocycles. The highest BCUT2D eigenvalue weighted by Crippen LogP contribution is 2.49. The molecule has 2 heteroatoms. The topological polar surface area (TPSA) is 29.5 Å². The average molecular weight is 328 g/mol. The summed E-state index contributed by atoms with van der Waals surface area (Å²) in [5.74, 6) is 1.96. The minimum atomic E-state index is 0.254. The molecule has 0 aliphatic heterocycles. The number of benzene rings is 1. The zero-order valence-corrected chi connectivity index (χ0v) is 14.9. The molecule has 132 valence electrons. The van der Waals surface area contributed by atoms with Crippen LogP contribution in [-0.4, -0.2) is 11.7 Å². The van der Waals surface area contributed by atoms with Crippen molar-refractivity contribution in [1.29, 1.82) is 0 Å². The van der Waals surface area contributed by atoms with Crippen LogP contribution in [0.4, 0.5) is 0 Å². The van der Waals surface area contributed by atoms with E-state index in [-0.39, 0.29) is 5.76 Å². The van der Waals surface area contributed by atoms with E-state index in [2.05, 4.69) is 30.8 Å². The Labute approximate surface area is 146 Å². The van der Waals surface area contributed by atoms with E-state index in [9.17, 15) is 5.11 Å². The molecule has 0 amide bonds. The van der Waals surface area contributed by atoms with Crippen molar-refractivity contribution in [2.24, 2.45) is 11.3 Å². The van der Waals surface area contributed by atoms with Gasteiger partial charge in [0.05, 0.1) is 12.4 Å². The van der Waals surface area contributed by atoms with Crippen molar-refractivity contribution >= 4 is 0 Å². The minimum Gasteiger partial charge on any atom is -0.513 e. The van der Waals surface area contributed by atoms with Gasteiger partial charge in [-0.05, 0) is 67.6 Å². The van der Waals surface area contributed by atoms with Crippen molar-refractivity contribution in [2.75, 3.05) is 6.61 Å². The van der Waals surface area contributed by atoms with Crippen molar-refractivity contribution in [3.8, 4) is 5.75 Å². The zero-order chi connectivity index (χ0) is 16.8. The van der Waals surface area contributed by atoms with Gasteiger partial charge in [0.25, 0.3) is 0 Å². The summed E-state index contributed by atoms with van der Waals surface area (Å²) in [4.78, 5) is 0. The summed E-state index contributed by atoms with van der Waals surface area (Å²) >= 11 is 0. The molecule has 1 aromatic carbocycles. The van der Waals surface area contributed by atoms with Gasteiger partial charge in [-0.25, -0.2) is 0 Å². The maximum Gasteiger partial charge on any atom is 0.119 e. The van der Waals surface area contributed by atoms with E-state index in [1.54, 1.807) is 0 Å². The average Bonchev–Trinajstić information content (AvgIpc) is 2.60. The van der Waals surface area contributed by atoms with Crippen LogP contribution < -0.4 is 4.74 Å². The standard InChI is InChI=1S/C22H32O2/c1-18(23)7-8-19-9-11-21(12-10-19)24-17-20-6-5-15-22(16-20)13-3-2-4-14-22/h9-12,20,23H,1-8,13-17H2. The van der Waals surface area contributed by atoms with E-state index >= 15 is 0 Å². The lowest BCUT2D eigenvalue weighted by Crippen LogP contribution is -2.33. The summed E-state index contributed by atoms with van der Waals surface area (Å²) in [6.45, 7) is 4.41. The van der Waals surface area contributed by atoms with Crippen molar-refractivity contribution in [3.63, 3.8) is 0 Å². The molecule has 1 spiro atoms. The number of aliphatic hydroxyl groups is 1. The van der Waals surface area contributed by atoms with Crippen molar-refractivity contribution in [1.82, 2.24) is 0 Å². The van der Waals surface area contributed by atoms with Crippen LogP contribution in [0.15, 0.2) is 36.6 Å². The number of rotatable bonds is 6. The van der Waals surface area contributed by atoms with Gasteiger partial charge in [-0.3, -0.25) is 0 Å². The highest BCUT2D eigenvalue weighted by Gasteiger charge is 2.37. The minimum absolute atomic E-state index is 0.254. The fourth-order valence-electron chi connectivity index (χ4n) is 4.74. The Morgan fingerprint density at radius 3 is 2.50 bits per heavy atom. The second-order valence-electron chi connectivity index (χ2n) is 8.04. The van der Waals surface area contributed by atoms with Gasteiger partial charge in [-0.1, -0.05) is 44.4 Å². The molecule has 1 N–H and O–H groups in total. The molecule has 3 rings (SSSR count). The summed E-state index contributed by atoms with van der Waals surface area (Å²) in [7, 11) is 0. The molecule has 0 saturated heterocycles. The fourth-order valence-corrected chi connectivity index (χ4v) is 4.74. The Bertz CT molecular complexity index is 520. The first-order valence-electron chi connectivity index (χ1n) is 9.74. The first kappa shape index (κ1) is 17.4. The third-order valence-electron chi connectivity index (χ3n) is 6.07. The van der Waals surface area contributed by atoms with Crippen LogP contribution in [0.3, 0.4) is 0 Å². The molecule has 1 atom stereocenters. The third kappa shape index (κ3) is 4.78. The number of aliphatic hydroxyl groups excluding tert-OH is 1. The molecule has 1 aromatic rings. The molecule has 2 fully saturated rings. The molecule has 0 bridgehead atoms. The van der Waals surface area contributed by atoms with E-state index in [1.165, 1.54) is 63.4 Å². The predicted molar refractivity (Wildman–Crippen MR) is 99.5 cm³/mol. The largest absolute Gasteiger partial charge is 0.513 e. The lowest BCUT2D eigenvalue weighted by molar-refractivity contribution is 0.0658. The van der Waals surface area contributed by atoms with Crippen LogP contribution in [0.1, 0.15) is 69.8 Å². The summed E-state index contributed by atoms with van der Waals surface area (Å²) in [5.41, 5.74) is 1.87. The molecule has 24 heavy (non-hydrogen) atoms. The van der Waals surface area contributed by atoms with Crippen LogP contribution in [-0.2, 0) is 6.42 Å². The third-order valence-corrected chi connectivity index (χ3v) is 6.07. The van der Waals surface area contributed by atoms with E-state index in [0.29, 0.717) is 11.8 Å². The smallest absolute Gasteiger partial charge is 0.119 e. The van der Waals surface area contributed by atoms with Gasteiger partial charge in [0.1, 0.15) is 5.75 Å². The SMILES string of the molecule is C=C(O)CCc1ccc(OCC2CCCC3(CCCCC3)C2)cc1. The highest BCUT2D eigenvalue weighted by molar-refractivity contribution is 5.27. The second-order valence-corrected chi connectivity index (χ2v) is 8.04. The predicted octanol–water partition coefficient (Wildman–Crippen LogP) is 6.21. The molecule has 0 aromatic heterocycles. The van der Waals surface area contributed by atoms with Crippen molar-refractivity contribution in [2.45, 2.75) is 70.6 Å². The molecular weight excluding hydrogens is 296 g/mol. The van der Waals surface area contributed by atoms with Gasteiger partial charge < -0.3 is 9.84 Å². The number of hydrogen-bond donors (Lipinski definition) is 1. The Balaban J connectivity index is 1.47.